The molecule has 11 heteroatoms. The van der Waals surface area contributed by atoms with Crippen molar-refractivity contribution in [3.05, 3.63) is 77.2 Å². The molecule has 2 N–H and O–H groups in total. The molecule has 0 saturated heterocycles. The third-order valence-corrected chi connectivity index (χ3v) is 3.60. The summed E-state index contributed by atoms with van der Waals surface area (Å²) in [7, 11) is 5.82. The van der Waals surface area contributed by atoms with Gasteiger partial charge in [-0.2, -0.15) is 0 Å². The average molecular weight is 528 g/mol. The smallest absolute Gasteiger partial charge is 0.277 e. The molecule has 10 nitrogen and oxygen atoms in total. The Hall–Kier alpha value is -2.84. The number of nitrogens with two attached hydrogens (primary N) is 1. The van der Waals surface area contributed by atoms with Crippen molar-refractivity contribution in [2.45, 2.75) is 7.43 Å². The second-order valence-electron chi connectivity index (χ2n) is 5.40. The van der Waals surface area contributed by atoms with Crippen LogP contribution in [-0.4, -0.2) is 55.2 Å². The van der Waals surface area contributed by atoms with Gasteiger partial charge in [0, 0.05) is 63.5 Å². The number of hydroxylamine groups is 4. The molecular formula is C20H29N4O6Pd-. The number of amides is 2. The predicted molar refractivity (Wildman–Crippen MR) is 115 cm³/mol. The molecule has 0 aliphatic rings. The summed E-state index contributed by atoms with van der Waals surface area (Å²) in [4.78, 5) is 42.2. The summed E-state index contributed by atoms with van der Waals surface area (Å²) in [5.41, 5.74) is 6.96. The van der Waals surface area contributed by atoms with Crippen molar-refractivity contribution < 1.29 is 44.6 Å². The van der Waals surface area contributed by atoms with Gasteiger partial charge in [-0.1, -0.05) is 7.43 Å². The number of nitrogens with zero attached hydrogens (tertiary/aromatic N) is 3. The van der Waals surface area contributed by atoms with E-state index in [9.17, 15) is 19.7 Å². The summed E-state index contributed by atoms with van der Waals surface area (Å²) in [5.74, 6) is -0.546. The van der Waals surface area contributed by atoms with Crippen molar-refractivity contribution in [2.24, 2.45) is 0 Å². The van der Waals surface area contributed by atoms with Crippen LogP contribution >= 0.6 is 0 Å². The minimum absolute atomic E-state index is 0. The largest absolute Gasteiger partial charge is 0.399 e. The van der Waals surface area contributed by atoms with Gasteiger partial charge < -0.3 is 13.2 Å². The van der Waals surface area contributed by atoms with Gasteiger partial charge in [0.15, 0.2) is 0 Å². The van der Waals surface area contributed by atoms with Gasteiger partial charge >= 0.3 is 0 Å². The van der Waals surface area contributed by atoms with Gasteiger partial charge in [0.05, 0.1) is 19.1 Å². The summed E-state index contributed by atoms with van der Waals surface area (Å²) < 4.78 is 0. The van der Waals surface area contributed by atoms with Crippen LogP contribution < -0.4 is 5.73 Å². The molecule has 31 heavy (non-hydrogen) atoms. The van der Waals surface area contributed by atoms with E-state index < -0.39 is 4.92 Å². The number of benzene rings is 2. The van der Waals surface area contributed by atoms with Crippen molar-refractivity contribution in [3.63, 3.8) is 0 Å². The molecule has 2 amide bonds. The maximum absolute atomic E-state index is 11.5. The molecule has 176 valence electrons. The third-order valence-electron chi connectivity index (χ3n) is 3.60. The molecular weight excluding hydrogens is 499 g/mol. The van der Waals surface area contributed by atoms with Gasteiger partial charge in [-0.15, -0.1) is 0 Å². The van der Waals surface area contributed by atoms with Crippen LogP contribution in [-0.2, 0) is 30.1 Å². The number of carbonyl (C=O) groups excluding carboxylic acids is 2. The number of rotatable bonds is 5. The topological polar surface area (TPSA) is 128 Å². The molecule has 2 aromatic rings. The fourth-order valence-electron chi connectivity index (χ4n) is 1.88. The molecule has 0 aliphatic carbocycles. The Labute approximate surface area is 196 Å². The number of carbonyl (C=O) groups is 2. The Kier molecular flexibility index (Phi) is 16.9. The standard InChI is InChI=1S/C9H10N2O4.C9H12N2O2.CH4.CH3.Pd/c1-10(15-2)9(12)7-3-5-8(6-4-7)11(13)14;1-11(13-2)9(12)7-3-5-8(10)6-4-7;;;/h3-6H,1-2H3;3-6H,10H2,1-2H3;1H4;1H3;/q;;;-1;. The molecule has 2 rings (SSSR count). The van der Waals surface area contributed by atoms with E-state index in [1.165, 1.54) is 45.5 Å². The van der Waals surface area contributed by atoms with Crippen LogP contribution in [0.4, 0.5) is 11.4 Å². The molecule has 0 saturated carbocycles. The molecule has 0 fully saturated rings. The van der Waals surface area contributed by atoms with Crippen molar-refractivity contribution in [1.82, 2.24) is 10.1 Å². The van der Waals surface area contributed by atoms with Gasteiger partial charge in [0.1, 0.15) is 0 Å². The van der Waals surface area contributed by atoms with Crippen molar-refractivity contribution >= 4 is 23.2 Å². The van der Waals surface area contributed by atoms with E-state index >= 15 is 0 Å². The van der Waals surface area contributed by atoms with Crippen molar-refractivity contribution in [3.8, 4) is 0 Å². The van der Waals surface area contributed by atoms with Gasteiger partial charge in [-0.05, 0) is 36.4 Å². The van der Waals surface area contributed by atoms with Crippen LogP contribution in [0.3, 0.4) is 0 Å². The normalized spacial score (nSPS) is 8.77. The molecule has 0 aromatic heterocycles. The maximum Gasteiger partial charge on any atom is 0.277 e. The molecule has 0 unspecified atom stereocenters. The van der Waals surface area contributed by atoms with E-state index in [4.69, 9.17) is 15.4 Å². The summed E-state index contributed by atoms with van der Waals surface area (Å²) in [6.07, 6.45) is 0. The summed E-state index contributed by atoms with van der Waals surface area (Å²) >= 11 is 0. The van der Waals surface area contributed by atoms with Gasteiger partial charge in [-0.3, -0.25) is 29.4 Å². The number of hydrogen-bond acceptors (Lipinski definition) is 7. The van der Waals surface area contributed by atoms with Gasteiger partial charge in [0.2, 0.25) is 0 Å². The number of anilines is 1. The second-order valence-corrected chi connectivity index (χ2v) is 5.40. The molecule has 0 atom stereocenters. The van der Waals surface area contributed by atoms with Gasteiger partial charge in [-0.25, -0.2) is 10.1 Å². The zero-order valence-electron chi connectivity index (χ0n) is 17.3. The molecule has 0 bridgehead atoms. The fourth-order valence-corrected chi connectivity index (χ4v) is 1.88. The number of nitro groups is 1. The number of nitrogen functional groups attached to an aromatic ring is 1. The van der Waals surface area contributed by atoms with Crippen molar-refractivity contribution in [1.29, 1.82) is 0 Å². The summed E-state index contributed by atoms with van der Waals surface area (Å²) in [6.45, 7) is 0. The Bertz CT molecular complexity index is 815. The first kappa shape index (κ1) is 32.8. The molecule has 2 aromatic carbocycles. The van der Waals surface area contributed by atoms with Crippen LogP contribution in [0.1, 0.15) is 28.1 Å². The molecule has 0 radical (unpaired) electrons. The minimum Gasteiger partial charge on any atom is -0.399 e. The van der Waals surface area contributed by atoms with Crippen LogP contribution in [0.5, 0.6) is 0 Å². The summed E-state index contributed by atoms with van der Waals surface area (Å²) in [6, 6.07) is 12.0. The SMILES string of the molecule is C.CON(C)C(=O)c1ccc(N)cc1.CON(C)C(=O)c1ccc([N+](=O)[O-])cc1.[CH3-].[Pd]. The number of nitro benzene ring substituents is 1. The molecule has 0 spiro atoms. The number of non-ortho nitro benzene ring substituents is 1. The first-order valence-electron chi connectivity index (χ1n) is 7.95. The summed E-state index contributed by atoms with van der Waals surface area (Å²) in [5, 5.41) is 12.6. The van der Waals surface area contributed by atoms with E-state index in [2.05, 4.69) is 0 Å². The Morgan fingerprint density at radius 2 is 1.19 bits per heavy atom. The molecule has 0 aliphatic heterocycles. The Balaban J connectivity index is -0.000000465. The van der Waals surface area contributed by atoms with Crippen LogP contribution in [0.15, 0.2) is 48.5 Å². The average Bonchev–Trinajstić information content (AvgIpc) is 2.72. The van der Waals surface area contributed by atoms with E-state index in [0.29, 0.717) is 16.8 Å². The van der Waals surface area contributed by atoms with Gasteiger partial charge in [0.25, 0.3) is 17.5 Å². The Morgan fingerprint density at radius 3 is 1.48 bits per heavy atom. The van der Waals surface area contributed by atoms with E-state index in [1.807, 2.05) is 0 Å². The maximum atomic E-state index is 11.5. The number of hydrogen-bond donors (Lipinski definition) is 1. The van der Waals surface area contributed by atoms with E-state index in [1.54, 1.807) is 31.3 Å². The first-order chi connectivity index (χ1) is 13.2. The van der Waals surface area contributed by atoms with E-state index in [0.717, 1.165) is 10.1 Å². The monoisotopic (exact) mass is 527 g/mol. The first-order valence-corrected chi connectivity index (χ1v) is 7.95. The second kappa shape index (κ2) is 15.9. The molecule has 0 heterocycles. The minimum atomic E-state index is -0.520. The van der Waals surface area contributed by atoms with Crippen LogP contribution in [0, 0.1) is 17.5 Å². The van der Waals surface area contributed by atoms with E-state index in [-0.39, 0.29) is 52.8 Å². The zero-order valence-corrected chi connectivity index (χ0v) is 18.9. The van der Waals surface area contributed by atoms with Crippen molar-refractivity contribution in [2.75, 3.05) is 34.0 Å². The fraction of sp³-hybridized carbons (Fsp3) is 0.250. The zero-order chi connectivity index (χ0) is 21.3. The quantitative estimate of drug-likeness (QED) is 0.208. The predicted octanol–water partition coefficient (Wildman–Crippen LogP) is 3.21. The van der Waals surface area contributed by atoms with Crippen LogP contribution in [0.25, 0.3) is 0 Å². The Morgan fingerprint density at radius 1 is 0.871 bits per heavy atom. The third kappa shape index (κ3) is 10.2. The van der Waals surface area contributed by atoms with Crippen LogP contribution in [0.2, 0.25) is 0 Å².